The van der Waals surface area contributed by atoms with E-state index in [0.29, 0.717) is 0 Å². The standard InChI is InChI=1S/C28H42N2O/c1-3-5-7-11-23-14-16-24(17-15-23)18-19-25-21-29-22-30-28(25)26-12-8-9-13-27(26)31-20-10-6-4-2/h8-9,12-13,21-24H,3-7,10-11,14-20H2,1-2H3. The van der Waals surface area contributed by atoms with Gasteiger partial charge in [0.05, 0.1) is 12.3 Å². The molecule has 1 aliphatic carbocycles. The predicted molar refractivity (Wildman–Crippen MR) is 130 cm³/mol. The van der Waals surface area contributed by atoms with Crippen molar-refractivity contribution < 1.29 is 4.74 Å². The summed E-state index contributed by atoms with van der Waals surface area (Å²) in [5.41, 5.74) is 3.42. The lowest BCUT2D eigenvalue weighted by Gasteiger charge is -2.28. The minimum atomic E-state index is 0.771. The van der Waals surface area contributed by atoms with E-state index in [0.717, 1.165) is 48.3 Å². The Kier molecular flexibility index (Phi) is 10.3. The fourth-order valence-corrected chi connectivity index (χ4v) is 4.96. The highest BCUT2D eigenvalue weighted by molar-refractivity contribution is 5.69. The molecule has 0 N–H and O–H groups in total. The number of hydrogen-bond acceptors (Lipinski definition) is 3. The van der Waals surface area contributed by atoms with E-state index in [1.165, 1.54) is 76.2 Å². The van der Waals surface area contributed by atoms with Gasteiger partial charge in [0, 0.05) is 11.8 Å². The lowest BCUT2D eigenvalue weighted by atomic mass is 9.77. The highest BCUT2D eigenvalue weighted by Crippen LogP contribution is 2.36. The van der Waals surface area contributed by atoms with E-state index in [-0.39, 0.29) is 0 Å². The fraction of sp³-hybridized carbons (Fsp3) is 0.643. The number of hydrogen-bond donors (Lipinski definition) is 0. The number of benzene rings is 1. The molecule has 0 amide bonds. The van der Waals surface area contributed by atoms with Crippen LogP contribution in [0.1, 0.15) is 96.5 Å². The van der Waals surface area contributed by atoms with Gasteiger partial charge in [0.2, 0.25) is 0 Å². The zero-order valence-corrected chi connectivity index (χ0v) is 19.8. The van der Waals surface area contributed by atoms with Crippen LogP contribution in [0.3, 0.4) is 0 Å². The van der Waals surface area contributed by atoms with Crippen LogP contribution < -0.4 is 4.74 Å². The van der Waals surface area contributed by atoms with Crippen LogP contribution in [0.5, 0.6) is 5.75 Å². The number of nitrogens with zero attached hydrogens (tertiary/aromatic N) is 2. The summed E-state index contributed by atoms with van der Waals surface area (Å²) in [6.07, 6.45) is 20.8. The number of aryl methyl sites for hydroxylation is 1. The van der Waals surface area contributed by atoms with Gasteiger partial charge >= 0.3 is 0 Å². The number of aromatic nitrogens is 2. The second kappa shape index (κ2) is 13.5. The Balaban J connectivity index is 1.57. The van der Waals surface area contributed by atoms with Gasteiger partial charge in [0.15, 0.2) is 0 Å². The maximum Gasteiger partial charge on any atom is 0.128 e. The zero-order valence-electron chi connectivity index (χ0n) is 19.8. The maximum atomic E-state index is 6.13. The summed E-state index contributed by atoms with van der Waals surface area (Å²) in [5, 5.41) is 0. The van der Waals surface area contributed by atoms with Gasteiger partial charge in [-0.15, -0.1) is 0 Å². The molecule has 1 fully saturated rings. The van der Waals surface area contributed by atoms with Gasteiger partial charge in [0.1, 0.15) is 12.1 Å². The molecule has 3 heteroatoms. The molecule has 1 aromatic carbocycles. The first-order chi connectivity index (χ1) is 15.3. The van der Waals surface area contributed by atoms with Crippen LogP contribution in [0.4, 0.5) is 0 Å². The molecular weight excluding hydrogens is 380 g/mol. The first kappa shape index (κ1) is 23.8. The van der Waals surface area contributed by atoms with Crippen molar-refractivity contribution in [2.45, 2.75) is 97.3 Å². The Hall–Kier alpha value is -1.90. The summed E-state index contributed by atoms with van der Waals surface area (Å²) in [5.74, 6) is 2.79. The molecule has 1 aromatic heterocycles. The first-order valence-electron chi connectivity index (χ1n) is 12.8. The maximum absolute atomic E-state index is 6.13. The smallest absolute Gasteiger partial charge is 0.128 e. The first-order valence-corrected chi connectivity index (χ1v) is 12.8. The van der Waals surface area contributed by atoms with Crippen LogP contribution in [-0.4, -0.2) is 16.6 Å². The van der Waals surface area contributed by atoms with Gasteiger partial charge in [-0.3, -0.25) is 0 Å². The van der Waals surface area contributed by atoms with Crippen molar-refractivity contribution in [1.29, 1.82) is 0 Å². The number of rotatable bonds is 13. The van der Waals surface area contributed by atoms with Gasteiger partial charge in [-0.2, -0.15) is 0 Å². The van der Waals surface area contributed by atoms with Gasteiger partial charge in [-0.05, 0) is 48.8 Å². The third-order valence-electron chi connectivity index (χ3n) is 6.94. The van der Waals surface area contributed by atoms with Crippen molar-refractivity contribution in [2.75, 3.05) is 6.61 Å². The molecule has 3 nitrogen and oxygen atoms in total. The van der Waals surface area contributed by atoms with E-state index in [9.17, 15) is 0 Å². The lowest BCUT2D eigenvalue weighted by molar-refractivity contribution is 0.249. The van der Waals surface area contributed by atoms with Gasteiger partial charge in [0.25, 0.3) is 0 Å². The second-order valence-electron chi connectivity index (χ2n) is 9.37. The Labute approximate surface area is 190 Å². The number of ether oxygens (including phenoxy) is 1. The fourth-order valence-electron chi connectivity index (χ4n) is 4.96. The Morgan fingerprint density at radius 2 is 1.58 bits per heavy atom. The van der Waals surface area contributed by atoms with E-state index >= 15 is 0 Å². The van der Waals surface area contributed by atoms with Crippen molar-refractivity contribution in [3.8, 4) is 17.0 Å². The van der Waals surface area contributed by atoms with Crippen LogP contribution in [0.2, 0.25) is 0 Å². The van der Waals surface area contributed by atoms with E-state index in [4.69, 9.17) is 4.74 Å². The van der Waals surface area contributed by atoms with Gasteiger partial charge in [-0.25, -0.2) is 9.97 Å². The zero-order chi connectivity index (χ0) is 21.7. The normalized spacial score (nSPS) is 18.8. The molecule has 3 rings (SSSR count). The molecular formula is C28H42N2O. The monoisotopic (exact) mass is 422 g/mol. The molecule has 2 aromatic rings. The number of para-hydroxylation sites is 1. The predicted octanol–water partition coefficient (Wildman–Crippen LogP) is 8.03. The third-order valence-corrected chi connectivity index (χ3v) is 6.94. The third kappa shape index (κ3) is 7.63. The SMILES string of the molecule is CCCCCOc1ccccc1-c1ncncc1CCC1CCC(CCCCC)CC1. The molecule has 0 bridgehead atoms. The van der Waals surface area contributed by atoms with E-state index in [2.05, 4.69) is 48.1 Å². The Morgan fingerprint density at radius 3 is 2.35 bits per heavy atom. The highest BCUT2D eigenvalue weighted by atomic mass is 16.5. The van der Waals surface area contributed by atoms with Crippen LogP contribution in [0.25, 0.3) is 11.3 Å². The molecule has 0 spiro atoms. The molecule has 0 radical (unpaired) electrons. The van der Waals surface area contributed by atoms with Crippen molar-refractivity contribution in [2.24, 2.45) is 11.8 Å². The van der Waals surface area contributed by atoms with Gasteiger partial charge in [-0.1, -0.05) is 90.2 Å². The summed E-state index contributed by atoms with van der Waals surface area (Å²) in [7, 11) is 0. The quantitative estimate of drug-likeness (QED) is 0.306. The van der Waals surface area contributed by atoms with Crippen LogP contribution >= 0.6 is 0 Å². The molecule has 1 aliphatic rings. The lowest BCUT2D eigenvalue weighted by Crippen LogP contribution is -2.15. The van der Waals surface area contributed by atoms with Crippen LogP contribution in [0.15, 0.2) is 36.8 Å². The summed E-state index contributed by atoms with van der Waals surface area (Å²) >= 11 is 0. The average Bonchev–Trinajstić information content (AvgIpc) is 2.82. The Morgan fingerprint density at radius 1 is 0.871 bits per heavy atom. The summed E-state index contributed by atoms with van der Waals surface area (Å²) in [6.45, 7) is 5.29. The molecule has 0 saturated heterocycles. The average molecular weight is 423 g/mol. The molecule has 1 saturated carbocycles. The van der Waals surface area contributed by atoms with Gasteiger partial charge < -0.3 is 4.74 Å². The van der Waals surface area contributed by atoms with E-state index in [1.807, 2.05) is 6.20 Å². The molecule has 170 valence electrons. The Bertz CT molecular complexity index is 752. The molecule has 0 unspecified atom stereocenters. The molecule has 1 heterocycles. The van der Waals surface area contributed by atoms with Crippen molar-refractivity contribution >= 4 is 0 Å². The summed E-state index contributed by atoms with van der Waals surface area (Å²) in [6, 6.07) is 8.36. The van der Waals surface area contributed by atoms with Crippen LogP contribution in [0, 0.1) is 11.8 Å². The number of unbranched alkanes of at least 4 members (excludes halogenated alkanes) is 4. The summed E-state index contributed by atoms with van der Waals surface area (Å²) < 4.78 is 6.13. The second-order valence-corrected chi connectivity index (χ2v) is 9.37. The molecule has 0 atom stereocenters. The van der Waals surface area contributed by atoms with E-state index < -0.39 is 0 Å². The summed E-state index contributed by atoms with van der Waals surface area (Å²) in [4.78, 5) is 9.03. The minimum absolute atomic E-state index is 0.771. The minimum Gasteiger partial charge on any atom is -0.493 e. The molecule has 31 heavy (non-hydrogen) atoms. The van der Waals surface area contributed by atoms with Crippen molar-refractivity contribution in [1.82, 2.24) is 9.97 Å². The van der Waals surface area contributed by atoms with Crippen molar-refractivity contribution in [3.05, 3.63) is 42.4 Å². The molecule has 0 aliphatic heterocycles. The topological polar surface area (TPSA) is 35.0 Å². The van der Waals surface area contributed by atoms with E-state index in [1.54, 1.807) is 6.33 Å². The van der Waals surface area contributed by atoms with Crippen molar-refractivity contribution in [3.63, 3.8) is 0 Å². The highest BCUT2D eigenvalue weighted by Gasteiger charge is 2.21. The largest absolute Gasteiger partial charge is 0.493 e. The van der Waals surface area contributed by atoms with Crippen LogP contribution in [-0.2, 0) is 6.42 Å².